The van der Waals surface area contributed by atoms with Gasteiger partial charge in [0.2, 0.25) is 11.9 Å². The molecule has 2 aliphatic rings. The molecule has 0 amide bonds. The molecule has 162 valence electrons. The van der Waals surface area contributed by atoms with Gasteiger partial charge in [0.1, 0.15) is 11.9 Å². The van der Waals surface area contributed by atoms with Crippen LogP contribution in [-0.2, 0) is 17.8 Å². The average molecular weight is 427 g/mol. The Morgan fingerprint density at radius 3 is 2.77 bits per heavy atom. The molecule has 4 rings (SSSR count). The molecule has 0 radical (unpaired) electrons. The Balaban J connectivity index is 1.79. The zero-order valence-electron chi connectivity index (χ0n) is 16.3. The van der Waals surface area contributed by atoms with E-state index < -0.39 is 23.7 Å². The standard InChI is InChI=1S/C19H21F4N5O2/c1-12-11-30-7-6-26(12)16-9-17(29)27-5-3-14(19(21,22)23)28(18(27)25-16)10-13-2-4-24-15(20)8-13/h2,4,8-9,12,14H,3,5-7,10-11H2,1H3/t12-,14?/m1/s1. The summed E-state index contributed by atoms with van der Waals surface area (Å²) in [6.45, 7) is 2.91. The van der Waals surface area contributed by atoms with Gasteiger partial charge in [-0.2, -0.15) is 22.5 Å². The van der Waals surface area contributed by atoms with Crippen molar-refractivity contribution in [2.45, 2.75) is 44.7 Å². The minimum absolute atomic E-state index is 0.0676. The monoisotopic (exact) mass is 427 g/mol. The third kappa shape index (κ3) is 3.98. The van der Waals surface area contributed by atoms with Gasteiger partial charge < -0.3 is 14.5 Å². The van der Waals surface area contributed by atoms with Crippen LogP contribution in [0.5, 0.6) is 0 Å². The zero-order valence-corrected chi connectivity index (χ0v) is 16.3. The van der Waals surface area contributed by atoms with E-state index in [1.54, 1.807) is 0 Å². The highest BCUT2D eigenvalue weighted by atomic mass is 19.4. The molecule has 2 aromatic rings. The summed E-state index contributed by atoms with van der Waals surface area (Å²) in [6, 6.07) is 1.97. The Kier molecular flexibility index (Phi) is 5.39. The van der Waals surface area contributed by atoms with Crippen LogP contribution in [0.2, 0.25) is 0 Å². The molecule has 2 atom stereocenters. The molecule has 11 heteroatoms. The summed E-state index contributed by atoms with van der Waals surface area (Å²) in [6.07, 6.45) is -3.63. The molecule has 4 heterocycles. The molecule has 1 saturated heterocycles. The van der Waals surface area contributed by atoms with Crippen molar-refractivity contribution in [2.75, 3.05) is 29.6 Å². The largest absolute Gasteiger partial charge is 0.408 e. The first-order chi connectivity index (χ1) is 14.2. The predicted molar refractivity (Wildman–Crippen MR) is 101 cm³/mol. The Morgan fingerprint density at radius 1 is 1.27 bits per heavy atom. The fraction of sp³-hybridized carbons (Fsp3) is 0.526. The number of aromatic nitrogens is 3. The van der Waals surface area contributed by atoms with Gasteiger partial charge in [0.05, 0.1) is 19.3 Å². The Bertz CT molecular complexity index is 980. The molecule has 0 saturated carbocycles. The van der Waals surface area contributed by atoms with E-state index >= 15 is 0 Å². The molecule has 0 aliphatic carbocycles. The van der Waals surface area contributed by atoms with E-state index in [0.717, 1.165) is 11.0 Å². The first-order valence-corrected chi connectivity index (χ1v) is 9.64. The van der Waals surface area contributed by atoms with E-state index in [0.29, 0.717) is 31.1 Å². The molecule has 0 aromatic carbocycles. The number of hydrogen-bond acceptors (Lipinski definition) is 6. The van der Waals surface area contributed by atoms with Crippen LogP contribution in [0.25, 0.3) is 0 Å². The van der Waals surface area contributed by atoms with E-state index in [1.165, 1.54) is 22.9 Å². The number of halogens is 4. The van der Waals surface area contributed by atoms with Crippen LogP contribution in [0.15, 0.2) is 29.2 Å². The van der Waals surface area contributed by atoms with Crippen LogP contribution in [0.4, 0.5) is 29.3 Å². The highest BCUT2D eigenvalue weighted by Gasteiger charge is 2.47. The molecule has 2 aliphatic heterocycles. The van der Waals surface area contributed by atoms with E-state index in [1.807, 2.05) is 11.8 Å². The number of ether oxygens (including phenoxy) is 1. The van der Waals surface area contributed by atoms with Gasteiger partial charge in [0.15, 0.2) is 0 Å². The van der Waals surface area contributed by atoms with Crippen molar-refractivity contribution >= 4 is 11.8 Å². The molecule has 0 N–H and O–H groups in total. The average Bonchev–Trinajstić information content (AvgIpc) is 2.68. The third-order valence-corrected chi connectivity index (χ3v) is 5.42. The lowest BCUT2D eigenvalue weighted by Crippen LogP contribution is -2.52. The lowest BCUT2D eigenvalue weighted by Gasteiger charge is -2.40. The summed E-state index contributed by atoms with van der Waals surface area (Å²) in [5.74, 6) is -0.535. The van der Waals surface area contributed by atoms with Crippen molar-refractivity contribution in [2.24, 2.45) is 0 Å². The number of rotatable bonds is 3. The van der Waals surface area contributed by atoms with Crippen LogP contribution in [0.3, 0.4) is 0 Å². The second kappa shape index (κ2) is 7.86. The van der Waals surface area contributed by atoms with Gasteiger partial charge in [-0.25, -0.2) is 4.98 Å². The number of alkyl halides is 3. The Labute approximate surface area is 169 Å². The molecule has 1 unspecified atom stereocenters. The van der Waals surface area contributed by atoms with Gasteiger partial charge in [-0.05, 0) is 31.0 Å². The number of fused-ring (bicyclic) bond motifs is 1. The van der Waals surface area contributed by atoms with Crippen molar-refractivity contribution in [3.05, 3.63) is 46.3 Å². The van der Waals surface area contributed by atoms with Gasteiger partial charge in [-0.3, -0.25) is 9.36 Å². The molecule has 0 bridgehead atoms. The Morgan fingerprint density at radius 2 is 2.07 bits per heavy atom. The second-order valence-corrected chi connectivity index (χ2v) is 7.48. The van der Waals surface area contributed by atoms with Gasteiger partial charge in [-0.15, -0.1) is 0 Å². The van der Waals surface area contributed by atoms with Crippen LogP contribution in [0.1, 0.15) is 18.9 Å². The summed E-state index contributed by atoms with van der Waals surface area (Å²) >= 11 is 0. The normalized spacial score (nSPS) is 22.2. The van der Waals surface area contributed by atoms with Crippen LogP contribution in [-0.4, -0.2) is 52.6 Å². The van der Waals surface area contributed by atoms with Gasteiger partial charge in [0, 0.05) is 31.9 Å². The lowest BCUT2D eigenvalue weighted by molar-refractivity contribution is -0.153. The number of anilines is 2. The number of morpholine rings is 1. The van der Waals surface area contributed by atoms with E-state index in [-0.39, 0.29) is 31.5 Å². The number of hydrogen-bond donors (Lipinski definition) is 0. The zero-order chi connectivity index (χ0) is 21.5. The number of pyridine rings is 1. The summed E-state index contributed by atoms with van der Waals surface area (Å²) in [4.78, 5) is 23.5. The SMILES string of the molecule is C[C@@H]1COCCN1c1cc(=O)n2c(n1)N(Cc1ccnc(F)c1)C(C(F)(F)F)CC2. The smallest absolute Gasteiger partial charge is 0.377 e. The van der Waals surface area contributed by atoms with Crippen LogP contribution < -0.4 is 15.4 Å². The highest BCUT2D eigenvalue weighted by molar-refractivity contribution is 5.48. The third-order valence-electron chi connectivity index (χ3n) is 5.42. The minimum Gasteiger partial charge on any atom is -0.377 e. The molecular weight excluding hydrogens is 406 g/mol. The van der Waals surface area contributed by atoms with E-state index in [2.05, 4.69) is 9.97 Å². The first kappa shape index (κ1) is 20.6. The molecule has 7 nitrogen and oxygen atoms in total. The number of nitrogens with zero attached hydrogens (tertiary/aromatic N) is 5. The fourth-order valence-electron chi connectivity index (χ4n) is 3.93. The summed E-state index contributed by atoms with van der Waals surface area (Å²) in [5, 5.41) is 0. The van der Waals surface area contributed by atoms with E-state index in [9.17, 15) is 22.4 Å². The predicted octanol–water partition coefficient (Wildman–Crippen LogP) is 2.34. The van der Waals surface area contributed by atoms with Crippen LogP contribution in [0, 0.1) is 5.95 Å². The maximum atomic E-state index is 13.8. The highest BCUT2D eigenvalue weighted by Crippen LogP contribution is 2.35. The quantitative estimate of drug-likeness (QED) is 0.554. The second-order valence-electron chi connectivity index (χ2n) is 7.48. The van der Waals surface area contributed by atoms with Crippen molar-refractivity contribution in [1.82, 2.24) is 14.5 Å². The molecule has 0 spiro atoms. The summed E-state index contributed by atoms with van der Waals surface area (Å²) in [7, 11) is 0. The van der Waals surface area contributed by atoms with Crippen molar-refractivity contribution < 1.29 is 22.3 Å². The van der Waals surface area contributed by atoms with Crippen LogP contribution >= 0.6 is 0 Å². The molecule has 30 heavy (non-hydrogen) atoms. The molecule has 1 fully saturated rings. The van der Waals surface area contributed by atoms with Crippen molar-refractivity contribution in [1.29, 1.82) is 0 Å². The topological polar surface area (TPSA) is 63.5 Å². The molecular formula is C19H21F4N5O2. The Hall–Kier alpha value is -2.69. The van der Waals surface area contributed by atoms with Gasteiger partial charge in [0.25, 0.3) is 5.56 Å². The van der Waals surface area contributed by atoms with Gasteiger partial charge >= 0.3 is 6.18 Å². The lowest BCUT2D eigenvalue weighted by atomic mass is 10.1. The maximum Gasteiger partial charge on any atom is 0.408 e. The van der Waals surface area contributed by atoms with E-state index in [4.69, 9.17) is 4.74 Å². The molecule has 2 aromatic heterocycles. The fourth-order valence-corrected chi connectivity index (χ4v) is 3.93. The minimum atomic E-state index is -4.53. The van der Waals surface area contributed by atoms with Gasteiger partial charge in [-0.1, -0.05) is 0 Å². The first-order valence-electron chi connectivity index (χ1n) is 9.64. The summed E-state index contributed by atoms with van der Waals surface area (Å²) < 4.78 is 61.6. The van der Waals surface area contributed by atoms with Crippen molar-refractivity contribution in [3.63, 3.8) is 0 Å². The van der Waals surface area contributed by atoms with Crippen molar-refractivity contribution in [3.8, 4) is 0 Å². The maximum absolute atomic E-state index is 13.8. The summed E-state index contributed by atoms with van der Waals surface area (Å²) in [5.41, 5.74) is -0.107.